The minimum absolute atomic E-state index is 0.123. The molecule has 0 N–H and O–H groups in total. The predicted octanol–water partition coefficient (Wildman–Crippen LogP) is 2.97. The molecule has 1 aliphatic heterocycles. The van der Waals surface area contributed by atoms with Crippen LogP contribution in [0.4, 0.5) is 0 Å². The maximum Gasteiger partial charge on any atom is 0.338 e. The lowest BCUT2D eigenvalue weighted by atomic mass is 10.1. The first-order valence-corrected chi connectivity index (χ1v) is 7.97. The Labute approximate surface area is 141 Å². The van der Waals surface area contributed by atoms with E-state index >= 15 is 0 Å². The lowest BCUT2D eigenvalue weighted by Gasteiger charge is -2.26. The van der Waals surface area contributed by atoms with Gasteiger partial charge in [0.05, 0.1) is 11.1 Å². The van der Waals surface area contributed by atoms with Crippen LogP contribution in [0.25, 0.3) is 0 Å². The molecule has 0 unspecified atom stereocenters. The quantitative estimate of drug-likeness (QED) is 0.612. The van der Waals surface area contributed by atoms with Crippen LogP contribution in [0.5, 0.6) is 0 Å². The van der Waals surface area contributed by atoms with E-state index in [4.69, 9.17) is 9.57 Å². The highest BCUT2D eigenvalue weighted by molar-refractivity contribution is 6.20. The van der Waals surface area contributed by atoms with E-state index in [1.165, 1.54) is 0 Å². The molecule has 0 bridgehead atoms. The van der Waals surface area contributed by atoms with E-state index in [0.717, 1.165) is 0 Å². The van der Waals surface area contributed by atoms with E-state index in [1.54, 1.807) is 45.0 Å². The fourth-order valence-electron chi connectivity index (χ4n) is 2.37. The van der Waals surface area contributed by atoms with Gasteiger partial charge in [-0.2, -0.15) is 0 Å². The third-order valence-corrected chi connectivity index (χ3v) is 3.34. The van der Waals surface area contributed by atoms with E-state index in [2.05, 4.69) is 0 Å². The minimum Gasteiger partial charge on any atom is -0.458 e. The summed E-state index contributed by atoms with van der Waals surface area (Å²) < 4.78 is 5.35. The van der Waals surface area contributed by atoms with Crippen molar-refractivity contribution in [3.63, 3.8) is 0 Å². The fourth-order valence-corrected chi connectivity index (χ4v) is 2.37. The van der Waals surface area contributed by atoms with E-state index in [1.807, 2.05) is 13.8 Å². The first kappa shape index (κ1) is 18.1. The molecular formula is C18H23NO5. The smallest absolute Gasteiger partial charge is 0.338 e. The number of nitrogens with zero attached hydrogens (tertiary/aromatic N) is 1. The summed E-state index contributed by atoms with van der Waals surface area (Å²) in [5, 5.41) is 0.668. The van der Waals surface area contributed by atoms with Gasteiger partial charge in [0.1, 0.15) is 5.60 Å². The first-order chi connectivity index (χ1) is 11.1. The van der Waals surface area contributed by atoms with Crippen molar-refractivity contribution in [2.75, 3.05) is 0 Å². The Morgan fingerprint density at radius 3 is 2.00 bits per heavy atom. The number of carbonyl (C=O) groups is 3. The van der Waals surface area contributed by atoms with Crippen molar-refractivity contribution in [1.29, 1.82) is 0 Å². The number of carbonyl (C=O) groups excluding carboxylic acids is 3. The molecule has 2 amide bonds. The number of ether oxygens (including phenoxy) is 1. The molecule has 1 atom stereocenters. The lowest BCUT2D eigenvalue weighted by Crippen LogP contribution is -2.41. The van der Waals surface area contributed by atoms with Crippen LogP contribution in [-0.4, -0.2) is 34.6 Å². The van der Waals surface area contributed by atoms with E-state index < -0.39 is 29.5 Å². The monoisotopic (exact) mass is 333 g/mol. The van der Waals surface area contributed by atoms with E-state index in [0.29, 0.717) is 11.5 Å². The molecule has 1 aromatic rings. The minimum atomic E-state index is -1.02. The molecule has 0 spiro atoms. The molecule has 6 nitrogen and oxygen atoms in total. The first-order valence-electron chi connectivity index (χ1n) is 7.97. The highest BCUT2D eigenvalue weighted by atomic mass is 16.7. The van der Waals surface area contributed by atoms with Crippen molar-refractivity contribution >= 4 is 17.8 Å². The summed E-state index contributed by atoms with van der Waals surface area (Å²) in [6.45, 7) is 9.09. The van der Waals surface area contributed by atoms with Gasteiger partial charge in [0.2, 0.25) is 0 Å². The van der Waals surface area contributed by atoms with Crippen molar-refractivity contribution in [2.45, 2.75) is 52.7 Å². The molecule has 0 saturated heterocycles. The molecular weight excluding hydrogens is 310 g/mol. The van der Waals surface area contributed by atoms with Crippen molar-refractivity contribution in [3.05, 3.63) is 35.4 Å². The van der Waals surface area contributed by atoms with Crippen LogP contribution in [0, 0.1) is 5.92 Å². The maximum absolute atomic E-state index is 12.4. The number of hydrogen-bond acceptors (Lipinski definition) is 5. The van der Waals surface area contributed by atoms with Gasteiger partial charge in [0.15, 0.2) is 6.10 Å². The van der Waals surface area contributed by atoms with E-state index in [-0.39, 0.29) is 17.0 Å². The van der Waals surface area contributed by atoms with Crippen LogP contribution in [0.2, 0.25) is 0 Å². The lowest BCUT2D eigenvalue weighted by molar-refractivity contribution is -0.191. The van der Waals surface area contributed by atoms with Crippen LogP contribution in [0.15, 0.2) is 24.3 Å². The molecule has 2 rings (SSSR count). The number of amides is 2. The zero-order chi connectivity index (χ0) is 18.1. The second kappa shape index (κ2) is 6.73. The van der Waals surface area contributed by atoms with Crippen molar-refractivity contribution in [3.8, 4) is 0 Å². The van der Waals surface area contributed by atoms with Crippen molar-refractivity contribution < 1.29 is 24.0 Å². The molecule has 0 saturated carbocycles. The van der Waals surface area contributed by atoms with Gasteiger partial charge < -0.3 is 4.74 Å². The Balaban J connectivity index is 2.20. The molecule has 0 fully saturated rings. The number of hydrogen-bond donors (Lipinski definition) is 0. The van der Waals surface area contributed by atoms with Gasteiger partial charge in [0.25, 0.3) is 11.8 Å². The summed E-state index contributed by atoms with van der Waals surface area (Å²) in [7, 11) is 0. The summed E-state index contributed by atoms with van der Waals surface area (Å²) in [4.78, 5) is 42.6. The Morgan fingerprint density at radius 1 is 1.08 bits per heavy atom. The van der Waals surface area contributed by atoms with Gasteiger partial charge in [0, 0.05) is 0 Å². The molecule has 1 aliphatic rings. The number of benzene rings is 1. The summed E-state index contributed by atoms with van der Waals surface area (Å²) >= 11 is 0. The molecule has 1 heterocycles. The Kier molecular flexibility index (Phi) is 5.08. The van der Waals surface area contributed by atoms with Gasteiger partial charge in [-0.1, -0.05) is 26.0 Å². The average Bonchev–Trinajstić information content (AvgIpc) is 2.70. The highest BCUT2D eigenvalue weighted by Gasteiger charge is 2.40. The Bertz CT molecular complexity index is 625. The number of imide groups is 1. The van der Waals surface area contributed by atoms with Crippen LogP contribution in [-0.2, 0) is 14.4 Å². The Hall–Kier alpha value is -2.21. The molecule has 0 radical (unpaired) electrons. The standard InChI is InChI=1S/C18H23NO5/c1-11(2)10-14(17(22)23-18(3,4)5)24-19-15(20)12-8-6-7-9-13(12)16(19)21/h6-9,11,14H,10H2,1-5H3/t14-/m1/s1. The zero-order valence-electron chi connectivity index (χ0n) is 14.7. The van der Waals surface area contributed by atoms with Crippen molar-refractivity contribution in [1.82, 2.24) is 5.06 Å². The van der Waals surface area contributed by atoms with Crippen LogP contribution < -0.4 is 0 Å². The van der Waals surface area contributed by atoms with Crippen LogP contribution in [0.1, 0.15) is 61.8 Å². The normalized spacial score (nSPS) is 15.7. The van der Waals surface area contributed by atoms with Gasteiger partial charge in [-0.25, -0.2) is 9.63 Å². The number of fused-ring (bicyclic) bond motifs is 1. The van der Waals surface area contributed by atoms with Gasteiger partial charge in [-0.15, -0.1) is 5.06 Å². The molecule has 130 valence electrons. The van der Waals surface area contributed by atoms with Crippen molar-refractivity contribution in [2.24, 2.45) is 5.92 Å². The molecule has 1 aromatic carbocycles. The highest BCUT2D eigenvalue weighted by Crippen LogP contribution is 2.25. The Morgan fingerprint density at radius 2 is 1.58 bits per heavy atom. The predicted molar refractivity (Wildman–Crippen MR) is 87.1 cm³/mol. The molecule has 24 heavy (non-hydrogen) atoms. The largest absolute Gasteiger partial charge is 0.458 e. The van der Waals surface area contributed by atoms with Gasteiger partial charge in [-0.3, -0.25) is 9.59 Å². The fraction of sp³-hybridized carbons (Fsp3) is 0.500. The molecule has 0 aromatic heterocycles. The second-order valence-corrected chi connectivity index (χ2v) is 7.21. The SMILES string of the molecule is CC(C)C[C@@H](ON1C(=O)c2ccccc2C1=O)C(=O)OC(C)(C)C. The van der Waals surface area contributed by atoms with Crippen LogP contribution in [0.3, 0.4) is 0 Å². The number of esters is 1. The van der Waals surface area contributed by atoms with Gasteiger partial charge in [-0.05, 0) is 45.2 Å². The molecule has 6 heteroatoms. The zero-order valence-corrected chi connectivity index (χ0v) is 14.7. The van der Waals surface area contributed by atoms with Crippen LogP contribution >= 0.6 is 0 Å². The van der Waals surface area contributed by atoms with E-state index in [9.17, 15) is 14.4 Å². The number of rotatable bonds is 5. The number of hydroxylamine groups is 2. The summed E-state index contributed by atoms with van der Waals surface area (Å²) in [5.74, 6) is -1.59. The third-order valence-electron chi connectivity index (χ3n) is 3.34. The topological polar surface area (TPSA) is 72.9 Å². The molecule has 0 aliphatic carbocycles. The summed E-state index contributed by atoms with van der Waals surface area (Å²) in [6, 6.07) is 6.47. The average molecular weight is 333 g/mol. The summed E-state index contributed by atoms with van der Waals surface area (Å²) in [6.07, 6.45) is -0.686. The third kappa shape index (κ3) is 4.00. The maximum atomic E-state index is 12.4. The summed E-state index contributed by atoms with van der Waals surface area (Å²) in [5.41, 5.74) is -0.137. The van der Waals surface area contributed by atoms with Gasteiger partial charge >= 0.3 is 5.97 Å². The second-order valence-electron chi connectivity index (χ2n) is 7.21.